The minimum Gasteiger partial charge on any atom is -0.244 e. The Balaban J connectivity index is 2.50. The van der Waals surface area contributed by atoms with Crippen molar-refractivity contribution in [3.8, 4) is 6.07 Å². The molecule has 0 spiro atoms. The predicted molar refractivity (Wildman–Crippen MR) is 76.3 cm³/mol. The van der Waals surface area contributed by atoms with Crippen LogP contribution in [0.5, 0.6) is 0 Å². The van der Waals surface area contributed by atoms with Crippen LogP contribution in [0, 0.1) is 11.3 Å². The Kier molecular flexibility index (Phi) is 4.63. The van der Waals surface area contributed by atoms with Crippen LogP contribution in [0.1, 0.15) is 16.8 Å². The highest BCUT2D eigenvalue weighted by Crippen LogP contribution is 2.31. The normalized spacial score (nSPS) is 12.0. The highest BCUT2D eigenvalue weighted by Gasteiger charge is 2.33. The third-order valence-electron chi connectivity index (χ3n) is 2.89. The van der Waals surface area contributed by atoms with E-state index in [1.165, 1.54) is 30.3 Å². The fraction of sp³-hybridized carbons (Fsp3) is 0.143. The Morgan fingerprint density at radius 1 is 1.22 bits per heavy atom. The third kappa shape index (κ3) is 4.00. The maximum absolute atomic E-state index is 12.7. The Hall–Kier alpha value is -2.11. The number of hydrogen-bond donors (Lipinski definition) is 0. The van der Waals surface area contributed by atoms with Crippen LogP contribution >= 0.6 is 11.6 Å². The molecule has 9 heteroatoms. The number of aromatic nitrogens is 1. The number of benzene rings is 1. The highest BCUT2D eigenvalue weighted by atomic mass is 35.5. The summed E-state index contributed by atoms with van der Waals surface area (Å²) < 4.78 is 62.9. The van der Waals surface area contributed by atoms with Gasteiger partial charge in [0.25, 0.3) is 0 Å². The lowest BCUT2D eigenvalue weighted by Gasteiger charge is -2.10. The van der Waals surface area contributed by atoms with Crippen LogP contribution < -0.4 is 0 Å². The van der Waals surface area contributed by atoms with Crippen molar-refractivity contribution in [3.05, 3.63) is 58.4 Å². The number of nitrogens with zero attached hydrogens (tertiary/aromatic N) is 2. The summed E-state index contributed by atoms with van der Waals surface area (Å²) >= 11 is 5.69. The van der Waals surface area contributed by atoms with Crippen LogP contribution in [-0.2, 0) is 21.8 Å². The number of rotatable bonds is 3. The van der Waals surface area contributed by atoms with Gasteiger partial charge in [0.2, 0.25) is 0 Å². The zero-order chi connectivity index (χ0) is 17.3. The summed E-state index contributed by atoms with van der Waals surface area (Å²) in [6, 6.07) is 7.72. The molecule has 2 aromatic rings. The zero-order valence-corrected chi connectivity index (χ0v) is 12.9. The van der Waals surface area contributed by atoms with Gasteiger partial charge in [-0.2, -0.15) is 18.4 Å². The fourth-order valence-corrected chi connectivity index (χ4v) is 3.41. The van der Waals surface area contributed by atoms with E-state index in [9.17, 15) is 21.6 Å². The van der Waals surface area contributed by atoms with Crippen LogP contribution in [0.3, 0.4) is 0 Å². The summed E-state index contributed by atoms with van der Waals surface area (Å²) in [5, 5.41) is 9.30. The molecule has 2 rings (SSSR count). The topological polar surface area (TPSA) is 70.8 Å². The van der Waals surface area contributed by atoms with Gasteiger partial charge in [0.1, 0.15) is 11.0 Å². The fourth-order valence-electron chi connectivity index (χ4n) is 1.80. The van der Waals surface area contributed by atoms with Crippen molar-refractivity contribution < 1.29 is 21.6 Å². The molecular formula is C14H8ClF3N2O2S. The Morgan fingerprint density at radius 3 is 2.35 bits per heavy atom. The van der Waals surface area contributed by atoms with Crippen molar-refractivity contribution in [1.82, 2.24) is 4.98 Å². The lowest BCUT2D eigenvalue weighted by molar-refractivity contribution is -0.138. The molecule has 23 heavy (non-hydrogen) atoms. The van der Waals surface area contributed by atoms with Crippen LogP contribution in [0.2, 0.25) is 5.02 Å². The number of hydrogen-bond acceptors (Lipinski definition) is 4. The molecule has 0 N–H and O–H groups in total. The minimum absolute atomic E-state index is 0.329. The second-order valence-electron chi connectivity index (χ2n) is 4.57. The molecule has 0 atom stereocenters. The van der Waals surface area contributed by atoms with E-state index in [0.29, 0.717) is 22.8 Å². The largest absolute Gasteiger partial charge is 0.417 e. The smallest absolute Gasteiger partial charge is 0.244 e. The first-order valence-corrected chi connectivity index (χ1v) is 8.11. The molecule has 120 valence electrons. The lowest BCUT2D eigenvalue weighted by atomic mass is 10.2. The minimum atomic E-state index is -4.76. The second kappa shape index (κ2) is 6.18. The molecule has 0 aliphatic rings. The summed E-state index contributed by atoms with van der Waals surface area (Å²) in [4.78, 5) is 2.56. The molecule has 0 fully saturated rings. The maximum Gasteiger partial charge on any atom is 0.417 e. The van der Waals surface area contributed by atoms with Gasteiger partial charge in [-0.1, -0.05) is 23.7 Å². The number of alkyl halides is 3. The summed E-state index contributed by atoms with van der Waals surface area (Å²) in [6.07, 6.45) is -4.33. The van der Waals surface area contributed by atoms with E-state index in [-0.39, 0.29) is 0 Å². The SMILES string of the molecule is N#Cc1ncc(C(F)(F)F)cc1S(=O)(=O)Cc1ccc(Cl)cc1. The molecule has 1 aromatic carbocycles. The zero-order valence-electron chi connectivity index (χ0n) is 11.3. The molecular weight excluding hydrogens is 353 g/mol. The lowest BCUT2D eigenvalue weighted by Crippen LogP contribution is -2.12. The van der Waals surface area contributed by atoms with Gasteiger partial charge in [0.05, 0.1) is 11.3 Å². The van der Waals surface area contributed by atoms with E-state index < -0.39 is 37.9 Å². The van der Waals surface area contributed by atoms with Gasteiger partial charge in [-0.05, 0) is 23.8 Å². The molecule has 0 aliphatic heterocycles. The monoisotopic (exact) mass is 360 g/mol. The van der Waals surface area contributed by atoms with Gasteiger partial charge in [-0.25, -0.2) is 13.4 Å². The Labute approximate surface area is 135 Å². The highest BCUT2D eigenvalue weighted by molar-refractivity contribution is 7.90. The molecule has 0 amide bonds. The van der Waals surface area contributed by atoms with Crippen LogP contribution in [-0.4, -0.2) is 13.4 Å². The van der Waals surface area contributed by atoms with Crippen LogP contribution in [0.4, 0.5) is 13.2 Å². The average Bonchev–Trinajstić information content (AvgIpc) is 2.48. The van der Waals surface area contributed by atoms with Crippen LogP contribution in [0.15, 0.2) is 41.4 Å². The van der Waals surface area contributed by atoms with Crippen molar-refractivity contribution >= 4 is 21.4 Å². The van der Waals surface area contributed by atoms with Gasteiger partial charge in [-0.3, -0.25) is 0 Å². The van der Waals surface area contributed by atoms with Gasteiger partial charge in [-0.15, -0.1) is 0 Å². The molecule has 4 nitrogen and oxygen atoms in total. The number of nitriles is 1. The van der Waals surface area contributed by atoms with Crippen molar-refractivity contribution in [2.24, 2.45) is 0 Å². The van der Waals surface area contributed by atoms with Gasteiger partial charge in [0.15, 0.2) is 15.5 Å². The van der Waals surface area contributed by atoms with Gasteiger partial charge < -0.3 is 0 Å². The predicted octanol–water partition coefficient (Wildman–Crippen LogP) is 3.60. The van der Waals surface area contributed by atoms with Crippen molar-refractivity contribution in [2.75, 3.05) is 0 Å². The van der Waals surface area contributed by atoms with Gasteiger partial charge >= 0.3 is 6.18 Å². The van der Waals surface area contributed by atoms with E-state index in [1.54, 1.807) is 0 Å². The molecule has 0 aliphatic carbocycles. The van der Waals surface area contributed by atoms with Crippen LogP contribution in [0.25, 0.3) is 0 Å². The van der Waals surface area contributed by atoms with Gasteiger partial charge in [0, 0.05) is 11.2 Å². The first-order valence-electron chi connectivity index (χ1n) is 6.08. The molecule has 1 aromatic heterocycles. The van der Waals surface area contributed by atoms with E-state index in [4.69, 9.17) is 16.9 Å². The summed E-state index contributed by atoms with van der Waals surface area (Å²) in [5.74, 6) is -0.568. The van der Waals surface area contributed by atoms with Crippen molar-refractivity contribution in [2.45, 2.75) is 16.8 Å². The van der Waals surface area contributed by atoms with E-state index in [2.05, 4.69) is 4.98 Å². The number of sulfone groups is 1. The summed E-state index contributed by atoms with van der Waals surface area (Å²) in [5.41, 5.74) is -1.48. The van der Waals surface area contributed by atoms with Crippen molar-refractivity contribution in [1.29, 1.82) is 5.26 Å². The first-order chi connectivity index (χ1) is 10.6. The first kappa shape index (κ1) is 17.2. The van der Waals surface area contributed by atoms with E-state index in [0.717, 1.165) is 0 Å². The molecule has 0 saturated heterocycles. The molecule has 0 bridgehead atoms. The number of halogens is 4. The van der Waals surface area contributed by atoms with E-state index in [1.807, 2.05) is 0 Å². The summed E-state index contributed by atoms with van der Waals surface area (Å²) in [6.45, 7) is 0. The molecule has 0 radical (unpaired) electrons. The maximum atomic E-state index is 12.7. The number of pyridine rings is 1. The third-order valence-corrected chi connectivity index (χ3v) is 4.84. The molecule has 0 saturated carbocycles. The average molecular weight is 361 g/mol. The quantitative estimate of drug-likeness (QED) is 0.838. The molecule has 1 heterocycles. The van der Waals surface area contributed by atoms with Crippen molar-refractivity contribution in [3.63, 3.8) is 0 Å². The standard InChI is InChI=1S/C14H8ClF3N2O2S/c15-11-3-1-9(2-4-11)8-23(21,22)13-5-10(14(16,17)18)7-20-12(13)6-19/h1-5,7H,8H2. The second-order valence-corrected chi connectivity index (χ2v) is 6.96. The Morgan fingerprint density at radius 2 is 1.83 bits per heavy atom. The Bertz CT molecular complexity index is 872. The van der Waals surface area contributed by atoms with E-state index >= 15 is 0 Å². The molecule has 0 unspecified atom stereocenters. The summed E-state index contributed by atoms with van der Waals surface area (Å²) in [7, 11) is -4.18.